The smallest absolute Gasteiger partial charge is 0.275 e. The van der Waals surface area contributed by atoms with Crippen molar-refractivity contribution in [1.82, 2.24) is 9.55 Å². The largest absolute Gasteiger partial charge is 0.350 e. The van der Waals surface area contributed by atoms with E-state index >= 15 is 0 Å². The summed E-state index contributed by atoms with van der Waals surface area (Å²) in [5.41, 5.74) is 2.67. The van der Waals surface area contributed by atoms with Crippen molar-refractivity contribution in [1.29, 1.82) is 0 Å². The molecule has 3 nitrogen and oxygen atoms in total. The number of para-hydroxylation sites is 2. The Bertz CT molecular complexity index is 992. The summed E-state index contributed by atoms with van der Waals surface area (Å²) in [6.45, 7) is 0. The van der Waals surface area contributed by atoms with Gasteiger partial charge in [-0.3, -0.25) is 4.79 Å². The molecule has 0 atom stereocenters. The molecule has 4 aromatic rings. The van der Waals surface area contributed by atoms with Gasteiger partial charge in [-0.1, -0.05) is 36.4 Å². The highest BCUT2D eigenvalue weighted by molar-refractivity contribution is 6.19. The molecule has 0 saturated carbocycles. The molecule has 1 N–H and O–H groups in total. The molecule has 0 spiro atoms. The van der Waals surface area contributed by atoms with Gasteiger partial charge in [0.05, 0.1) is 5.52 Å². The molecule has 0 fully saturated rings. The first-order valence-corrected chi connectivity index (χ1v) is 6.25. The monoisotopic (exact) mass is 248 g/mol. The molecule has 19 heavy (non-hydrogen) atoms. The van der Waals surface area contributed by atoms with Crippen LogP contribution in [0.25, 0.3) is 32.7 Å². The molecule has 0 bridgehead atoms. The predicted octanol–water partition coefficient (Wildman–Crippen LogP) is 3.17. The first-order chi connectivity index (χ1) is 9.27. The highest BCUT2D eigenvalue weighted by atomic mass is 16.1. The lowest BCUT2D eigenvalue weighted by Gasteiger charge is -2.05. The molecule has 0 radical (unpaired) electrons. The minimum Gasteiger partial charge on any atom is -0.350 e. The number of rotatable bonds is 0. The molecule has 2 aromatic heterocycles. The van der Waals surface area contributed by atoms with Crippen LogP contribution in [0.15, 0.2) is 53.3 Å². The van der Waals surface area contributed by atoms with Crippen molar-refractivity contribution in [2.75, 3.05) is 0 Å². The van der Waals surface area contributed by atoms with Crippen LogP contribution in [0.5, 0.6) is 0 Å². The third kappa shape index (κ3) is 1.24. The molecular weight excluding hydrogens is 236 g/mol. The Morgan fingerprint density at radius 2 is 1.63 bits per heavy atom. The van der Waals surface area contributed by atoms with Gasteiger partial charge in [0.1, 0.15) is 5.52 Å². The van der Waals surface area contributed by atoms with Crippen LogP contribution in [-0.2, 0) is 7.05 Å². The van der Waals surface area contributed by atoms with Crippen LogP contribution in [0.4, 0.5) is 0 Å². The molecule has 2 heterocycles. The highest BCUT2D eigenvalue weighted by Crippen LogP contribution is 2.29. The number of benzene rings is 2. The van der Waals surface area contributed by atoms with E-state index in [1.165, 1.54) is 0 Å². The second-order valence-electron chi connectivity index (χ2n) is 4.80. The molecule has 92 valence electrons. The number of hydrogen-bond donors (Lipinski definition) is 1. The summed E-state index contributed by atoms with van der Waals surface area (Å²) in [4.78, 5) is 15.7. The Labute approximate surface area is 109 Å². The third-order valence-corrected chi connectivity index (χ3v) is 3.76. The van der Waals surface area contributed by atoms with Gasteiger partial charge in [0.2, 0.25) is 0 Å². The van der Waals surface area contributed by atoms with Gasteiger partial charge in [0.25, 0.3) is 5.56 Å². The van der Waals surface area contributed by atoms with E-state index in [1.807, 2.05) is 43.4 Å². The van der Waals surface area contributed by atoms with Gasteiger partial charge in [-0.25, -0.2) is 0 Å². The van der Waals surface area contributed by atoms with Crippen molar-refractivity contribution >= 4 is 32.7 Å². The van der Waals surface area contributed by atoms with E-state index in [0.29, 0.717) is 5.52 Å². The van der Waals surface area contributed by atoms with Crippen molar-refractivity contribution in [3.63, 3.8) is 0 Å². The summed E-state index contributed by atoms with van der Waals surface area (Å²) < 4.78 is 1.70. The zero-order valence-corrected chi connectivity index (χ0v) is 10.5. The fraction of sp³-hybridized carbons (Fsp3) is 0.0625. The second kappa shape index (κ2) is 3.48. The number of aromatic nitrogens is 2. The molecule has 0 aliphatic heterocycles. The molecule has 0 aliphatic carbocycles. The van der Waals surface area contributed by atoms with E-state index in [4.69, 9.17) is 0 Å². The second-order valence-corrected chi connectivity index (χ2v) is 4.80. The lowest BCUT2D eigenvalue weighted by Crippen LogP contribution is -2.17. The van der Waals surface area contributed by atoms with Gasteiger partial charge in [-0.2, -0.15) is 0 Å². The van der Waals surface area contributed by atoms with Gasteiger partial charge in [-0.15, -0.1) is 0 Å². The molecule has 3 heteroatoms. The van der Waals surface area contributed by atoms with Gasteiger partial charge in [0.15, 0.2) is 0 Å². The SMILES string of the molecule is Cn1c(=O)c2[nH]c3ccccc3c2c2ccccc21. The van der Waals surface area contributed by atoms with Crippen molar-refractivity contribution in [2.45, 2.75) is 0 Å². The van der Waals surface area contributed by atoms with Gasteiger partial charge < -0.3 is 9.55 Å². The normalized spacial score (nSPS) is 11.6. The highest BCUT2D eigenvalue weighted by Gasteiger charge is 2.12. The Kier molecular flexibility index (Phi) is 1.90. The van der Waals surface area contributed by atoms with E-state index in [0.717, 1.165) is 27.2 Å². The number of aryl methyl sites for hydroxylation is 1. The Morgan fingerprint density at radius 1 is 0.947 bits per heavy atom. The lowest BCUT2D eigenvalue weighted by atomic mass is 10.1. The number of aromatic amines is 1. The molecule has 0 unspecified atom stereocenters. The Hall–Kier alpha value is -2.55. The van der Waals surface area contributed by atoms with Crippen molar-refractivity contribution in [3.05, 3.63) is 58.9 Å². The van der Waals surface area contributed by atoms with Crippen LogP contribution in [0, 0.1) is 0 Å². The first kappa shape index (κ1) is 10.4. The van der Waals surface area contributed by atoms with Gasteiger partial charge >= 0.3 is 0 Å². The summed E-state index contributed by atoms with van der Waals surface area (Å²) >= 11 is 0. The topological polar surface area (TPSA) is 37.8 Å². The molecule has 0 aliphatic rings. The summed E-state index contributed by atoms with van der Waals surface area (Å²) in [6, 6.07) is 16.1. The van der Waals surface area contributed by atoms with Crippen LogP contribution >= 0.6 is 0 Å². The zero-order valence-electron chi connectivity index (χ0n) is 10.5. The third-order valence-electron chi connectivity index (χ3n) is 3.76. The molecule has 0 saturated heterocycles. The van der Waals surface area contributed by atoms with Gasteiger partial charge in [-0.05, 0) is 12.1 Å². The van der Waals surface area contributed by atoms with Crippen molar-refractivity contribution < 1.29 is 0 Å². The van der Waals surface area contributed by atoms with Crippen molar-refractivity contribution in [3.8, 4) is 0 Å². The first-order valence-electron chi connectivity index (χ1n) is 6.25. The summed E-state index contributed by atoms with van der Waals surface area (Å²) in [6.07, 6.45) is 0. The number of fused-ring (bicyclic) bond motifs is 5. The zero-order chi connectivity index (χ0) is 13.0. The number of nitrogens with zero attached hydrogens (tertiary/aromatic N) is 1. The summed E-state index contributed by atoms with van der Waals surface area (Å²) in [7, 11) is 1.82. The average molecular weight is 248 g/mol. The number of H-pyrrole nitrogens is 1. The van der Waals surface area contributed by atoms with Crippen molar-refractivity contribution in [2.24, 2.45) is 7.05 Å². The molecule has 4 rings (SSSR count). The van der Waals surface area contributed by atoms with E-state index in [1.54, 1.807) is 4.57 Å². The van der Waals surface area contributed by atoms with Crippen LogP contribution in [0.3, 0.4) is 0 Å². The van der Waals surface area contributed by atoms with Crippen LogP contribution in [-0.4, -0.2) is 9.55 Å². The Balaban J connectivity index is 2.47. The van der Waals surface area contributed by atoms with E-state index in [9.17, 15) is 4.79 Å². The maximum absolute atomic E-state index is 12.4. The van der Waals surface area contributed by atoms with E-state index in [-0.39, 0.29) is 5.56 Å². The Morgan fingerprint density at radius 3 is 2.47 bits per heavy atom. The standard InChI is InChI=1S/C16H12N2O/c1-18-13-9-5-3-7-11(13)14-10-6-2-4-8-12(10)17-15(14)16(18)19/h2-9,17H,1H3. The van der Waals surface area contributed by atoms with Gasteiger partial charge in [0, 0.05) is 28.7 Å². The summed E-state index contributed by atoms with van der Waals surface area (Å²) in [5, 5.41) is 3.23. The molecule has 0 amide bonds. The number of nitrogens with one attached hydrogen (secondary N) is 1. The number of hydrogen-bond acceptors (Lipinski definition) is 1. The molecular formula is C16H12N2O. The van der Waals surface area contributed by atoms with Crippen LogP contribution < -0.4 is 5.56 Å². The minimum absolute atomic E-state index is 0.0184. The maximum atomic E-state index is 12.4. The molecule has 2 aromatic carbocycles. The quantitative estimate of drug-likeness (QED) is 0.510. The predicted molar refractivity (Wildman–Crippen MR) is 78.6 cm³/mol. The van der Waals surface area contributed by atoms with Crippen LogP contribution in [0.2, 0.25) is 0 Å². The maximum Gasteiger partial charge on any atom is 0.275 e. The summed E-state index contributed by atoms with van der Waals surface area (Å²) in [5.74, 6) is 0. The fourth-order valence-electron chi connectivity index (χ4n) is 2.84. The fourth-order valence-corrected chi connectivity index (χ4v) is 2.84. The van der Waals surface area contributed by atoms with E-state index in [2.05, 4.69) is 17.1 Å². The number of pyridine rings is 1. The van der Waals surface area contributed by atoms with E-state index < -0.39 is 0 Å². The minimum atomic E-state index is 0.0184. The van der Waals surface area contributed by atoms with Crippen LogP contribution in [0.1, 0.15) is 0 Å². The lowest BCUT2D eigenvalue weighted by molar-refractivity contribution is 0.915. The average Bonchev–Trinajstić information content (AvgIpc) is 2.84.